The fourth-order valence-electron chi connectivity index (χ4n) is 2.52. The number of nitrogens with two attached hydrogens (primary N) is 1. The van der Waals surface area contributed by atoms with Crippen molar-refractivity contribution in [1.29, 1.82) is 0 Å². The monoisotopic (exact) mass is 387 g/mol. The molecule has 0 aliphatic heterocycles. The van der Waals surface area contributed by atoms with Crippen LogP contribution >= 0.6 is 24.0 Å². The molecule has 1 aromatic carbocycles. The maximum Gasteiger partial charge on any atom is 0.188 e. The van der Waals surface area contributed by atoms with Crippen LogP contribution in [0.3, 0.4) is 0 Å². The third-order valence-corrected chi connectivity index (χ3v) is 3.96. The summed E-state index contributed by atoms with van der Waals surface area (Å²) in [4.78, 5) is 4.53. The lowest BCUT2D eigenvalue weighted by Crippen LogP contribution is -2.33. The first-order chi connectivity index (χ1) is 9.18. The van der Waals surface area contributed by atoms with E-state index in [2.05, 4.69) is 48.4 Å². The molecule has 1 aliphatic rings. The number of halogens is 1. The zero-order chi connectivity index (χ0) is 13.7. The summed E-state index contributed by atoms with van der Waals surface area (Å²) in [6.45, 7) is 6.08. The molecular weight excluding hydrogens is 361 g/mol. The maximum absolute atomic E-state index is 5.90. The quantitative estimate of drug-likeness (QED) is 0.341. The zero-order valence-electron chi connectivity index (χ0n) is 12.5. The fourth-order valence-corrected chi connectivity index (χ4v) is 2.52. The third kappa shape index (κ3) is 4.36. The lowest BCUT2D eigenvalue weighted by Gasteiger charge is -2.16. The number of unbranched alkanes of at least 4 members (excludes halogenated alkanes) is 1. The van der Waals surface area contributed by atoms with E-state index in [1.165, 1.54) is 30.4 Å². The van der Waals surface area contributed by atoms with Gasteiger partial charge in [-0.3, -0.25) is 4.99 Å². The number of aliphatic imine (C=N–C) groups is 1. The predicted octanol–water partition coefficient (Wildman–Crippen LogP) is 3.35. The van der Waals surface area contributed by atoms with Crippen LogP contribution in [-0.2, 0) is 5.41 Å². The van der Waals surface area contributed by atoms with Gasteiger partial charge in [0.2, 0.25) is 0 Å². The van der Waals surface area contributed by atoms with Gasteiger partial charge in [0.25, 0.3) is 0 Å². The van der Waals surface area contributed by atoms with Gasteiger partial charge in [-0.1, -0.05) is 37.6 Å². The first-order valence-electron chi connectivity index (χ1n) is 7.28. The van der Waals surface area contributed by atoms with Crippen LogP contribution in [0.1, 0.15) is 43.7 Å². The second-order valence-electron chi connectivity index (χ2n) is 5.58. The van der Waals surface area contributed by atoms with Gasteiger partial charge < -0.3 is 11.1 Å². The Labute approximate surface area is 139 Å². The van der Waals surface area contributed by atoms with Gasteiger partial charge >= 0.3 is 0 Å². The summed E-state index contributed by atoms with van der Waals surface area (Å²) in [6, 6.07) is 8.63. The number of aryl methyl sites for hydroxylation is 1. The molecule has 0 unspecified atom stereocenters. The smallest absolute Gasteiger partial charge is 0.188 e. The molecule has 20 heavy (non-hydrogen) atoms. The van der Waals surface area contributed by atoms with E-state index in [-0.39, 0.29) is 29.4 Å². The third-order valence-electron chi connectivity index (χ3n) is 3.96. The van der Waals surface area contributed by atoms with Crippen molar-refractivity contribution in [3.05, 3.63) is 35.4 Å². The van der Waals surface area contributed by atoms with Crippen LogP contribution in [0, 0.1) is 6.92 Å². The number of benzene rings is 1. The highest BCUT2D eigenvalue weighted by molar-refractivity contribution is 14.0. The highest BCUT2D eigenvalue weighted by Gasteiger charge is 2.44. The van der Waals surface area contributed by atoms with E-state index in [1.807, 2.05) is 0 Å². The van der Waals surface area contributed by atoms with Gasteiger partial charge in [-0.25, -0.2) is 0 Å². The van der Waals surface area contributed by atoms with Crippen molar-refractivity contribution in [1.82, 2.24) is 5.32 Å². The average molecular weight is 387 g/mol. The summed E-state index contributed by atoms with van der Waals surface area (Å²) in [5.41, 5.74) is 8.97. The van der Waals surface area contributed by atoms with E-state index < -0.39 is 0 Å². The first kappa shape index (κ1) is 17.3. The number of nitrogens with one attached hydrogen (secondary N) is 1. The first-order valence-corrected chi connectivity index (χ1v) is 7.28. The van der Waals surface area contributed by atoms with Crippen LogP contribution < -0.4 is 11.1 Å². The molecule has 0 bridgehead atoms. The Balaban J connectivity index is 0.00000200. The van der Waals surface area contributed by atoms with E-state index in [4.69, 9.17) is 5.73 Å². The number of hydrogen-bond donors (Lipinski definition) is 2. The molecule has 3 nitrogen and oxygen atoms in total. The molecule has 0 amide bonds. The standard InChI is InChI=1S/C16H25N3.HI/c1-3-4-11-18-15(17)19-12-16(9-10-16)14-8-6-5-7-13(14)2;/h5-8H,3-4,9-12H2,1-2H3,(H3,17,18,19);1H. The Morgan fingerprint density at radius 1 is 1.35 bits per heavy atom. The van der Waals surface area contributed by atoms with Crippen LogP contribution in [0.2, 0.25) is 0 Å². The van der Waals surface area contributed by atoms with Crippen molar-refractivity contribution < 1.29 is 0 Å². The molecule has 0 aromatic heterocycles. The Morgan fingerprint density at radius 3 is 2.65 bits per heavy atom. The number of hydrogen-bond acceptors (Lipinski definition) is 1. The highest BCUT2D eigenvalue weighted by atomic mass is 127. The van der Waals surface area contributed by atoms with Crippen LogP contribution in [0.4, 0.5) is 0 Å². The molecule has 2 rings (SSSR count). The number of guanidine groups is 1. The molecule has 4 heteroatoms. The average Bonchev–Trinajstić information content (AvgIpc) is 3.18. The summed E-state index contributed by atoms with van der Waals surface area (Å²) < 4.78 is 0. The van der Waals surface area contributed by atoms with E-state index in [0.717, 1.165) is 19.5 Å². The van der Waals surface area contributed by atoms with Crippen molar-refractivity contribution in [3.8, 4) is 0 Å². The molecule has 1 aliphatic carbocycles. The van der Waals surface area contributed by atoms with Crippen molar-refractivity contribution >= 4 is 29.9 Å². The predicted molar refractivity (Wildman–Crippen MR) is 96.9 cm³/mol. The van der Waals surface area contributed by atoms with Gasteiger partial charge in [-0.2, -0.15) is 0 Å². The Bertz CT molecular complexity index is 453. The maximum atomic E-state index is 5.90. The molecule has 0 saturated heterocycles. The topological polar surface area (TPSA) is 50.4 Å². The van der Waals surface area contributed by atoms with Gasteiger partial charge in [0.1, 0.15) is 0 Å². The van der Waals surface area contributed by atoms with Crippen LogP contribution in [0.5, 0.6) is 0 Å². The van der Waals surface area contributed by atoms with Crippen molar-refractivity contribution in [2.45, 2.75) is 44.9 Å². The molecule has 1 aromatic rings. The molecule has 0 spiro atoms. The van der Waals surface area contributed by atoms with E-state index in [9.17, 15) is 0 Å². The lowest BCUT2D eigenvalue weighted by molar-refractivity contribution is 0.690. The lowest BCUT2D eigenvalue weighted by atomic mass is 9.92. The SMILES string of the molecule is CCCCNC(N)=NCC1(c2ccccc2C)CC1.I. The Kier molecular flexibility index (Phi) is 6.79. The van der Waals surface area contributed by atoms with E-state index >= 15 is 0 Å². The molecule has 1 fully saturated rings. The Morgan fingerprint density at radius 2 is 2.05 bits per heavy atom. The minimum atomic E-state index is 0. The van der Waals surface area contributed by atoms with E-state index in [0.29, 0.717) is 5.96 Å². The van der Waals surface area contributed by atoms with Gasteiger partial charge in [-0.15, -0.1) is 24.0 Å². The van der Waals surface area contributed by atoms with Crippen LogP contribution in [0.25, 0.3) is 0 Å². The second-order valence-corrected chi connectivity index (χ2v) is 5.58. The molecule has 1 saturated carbocycles. The minimum absolute atomic E-state index is 0. The van der Waals surface area contributed by atoms with Crippen molar-refractivity contribution in [2.75, 3.05) is 13.1 Å². The van der Waals surface area contributed by atoms with Crippen LogP contribution in [-0.4, -0.2) is 19.0 Å². The van der Waals surface area contributed by atoms with Gasteiger partial charge in [-0.05, 0) is 37.3 Å². The molecule has 0 heterocycles. The Hall–Kier alpha value is -0.780. The van der Waals surface area contributed by atoms with Crippen molar-refractivity contribution in [3.63, 3.8) is 0 Å². The number of nitrogens with zero attached hydrogens (tertiary/aromatic N) is 1. The van der Waals surface area contributed by atoms with Gasteiger partial charge in [0.05, 0.1) is 6.54 Å². The highest BCUT2D eigenvalue weighted by Crippen LogP contribution is 2.49. The summed E-state index contributed by atoms with van der Waals surface area (Å²) in [5, 5.41) is 3.18. The minimum Gasteiger partial charge on any atom is -0.370 e. The van der Waals surface area contributed by atoms with Crippen LogP contribution in [0.15, 0.2) is 29.3 Å². The fraction of sp³-hybridized carbons (Fsp3) is 0.562. The molecule has 3 N–H and O–H groups in total. The van der Waals surface area contributed by atoms with E-state index in [1.54, 1.807) is 0 Å². The summed E-state index contributed by atoms with van der Waals surface area (Å²) in [5.74, 6) is 0.591. The number of rotatable bonds is 6. The molecule has 0 atom stereocenters. The van der Waals surface area contributed by atoms with Crippen molar-refractivity contribution in [2.24, 2.45) is 10.7 Å². The molecule has 0 radical (unpaired) electrons. The zero-order valence-corrected chi connectivity index (χ0v) is 14.8. The molecular formula is C16H26IN3. The van der Waals surface area contributed by atoms with Gasteiger partial charge in [0.15, 0.2) is 5.96 Å². The van der Waals surface area contributed by atoms with Gasteiger partial charge in [0, 0.05) is 12.0 Å². The summed E-state index contributed by atoms with van der Waals surface area (Å²) >= 11 is 0. The second kappa shape index (κ2) is 7.86. The largest absolute Gasteiger partial charge is 0.370 e. The summed E-state index contributed by atoms with van der Waals surface area (Å²) in [6.07, 6.45) is 4.76. The summed E-state index contributed by atoms with van der Waals surface area (Å²) in [7, 11) is 0. The molecule has 112 valence electrons. The normalized spacial score (nSPS) is 16.4.